The summed E-state index contributed by atoms with van der Waals surface area (Å²) in [4.78, 5) is 6.66. The van der Waals surface area contributed by atoms with Crippen molar-refractivity contribution in [1.82, 2.24) is 9.88 Å². The van der Waals surface area contributed by atoms with Gasteiger partial charge in [0.05, 0.1) is 6.07 Å². The molecule has 0 aliphatic carbocycles. The predicted octanol–water partition coefficient (Wildman–Crippen LogP) is 2.50. The van der Waals surface area contributed by atoms with Gasteiger partial charge in [-0.15, -0.1) is 11.3 Å². The average Bonchev–Trinajstić information content (AvgIpc) is 2.68. The molecule has 1 aliphatic heterocycles. The van der Waals surface area contributed by atoms with E-state index in [1.807, 2.05) is 12.3 Å². The van der Waals surface area contributed by atoms with Crippen molar-refractivity contribution in [1.29, 1.82) is 5.26 Å². The number of aryl methyl sites for hydroxylation is 1. The highest BCUT2D eigenvalue weighted by Gasteiger charge is 2.23. The maximum absolute atomic E-state index is 9.22. The lowest BCUT2D eigenvalue weighted by Crippen LogP contribution is -2.33. The third-order valence-electron chi connectivity index (χ3n) is 2.75. The van der Waals surface area contributed by atoms with Crippen molar-refractivity contribution < 1.29 is 0 Å². The average molecular weight is 221 g/mol. The minimum Gasteiger partial charge on any atom is -0.282 e. The third kappa shape index (κ3) is 2.36. The first kappa shape index (κ1) is 10.6. The van der Waals surface area contributed by atoms with Gasteiger partial charge >= 0.3 is 0 Å². The minimum atomic E-state index is -0.121. The Balaban J connectivity index is 2.13. The first-order chi connectivity index (χ1) is 7.31. The van der Waals surface area contributed by atoms with Crippen molar-refractivity contribution in [3.8, 4) is 6.07 Å². The van der Waals surface area contributed by atoms with Gasteiger partial charge in [0.25, 0.3) is 0 Å². The number of hydrogen-bond acceptors (Lipinski definition) is 4. The second kappa shape index (κ2) is 4.73. The van der Waals surface area contributed by atoms with Gasteiger partial charge in [0.1, 0.15) is 5.01 Å². The summed E-state index contributed by atoms with van der Waals surface area (Å²) in [6.07, 6.45) is 3.72. The summed E-state index contributed by atoms with van der Waals surface area (Å²) >= 11 is 1.60. The van der Waals surface area contributed by atoms with E-state index < -0.39 is 0 Å². The summed E-state index contributed by atoms with van der Waals surface area (Å²) in [6.45, 7) is 4.05. The van der Waals surface area contributed by atoms with Crippen LogP contribution in [0, 0.1) is 18.3 Å². The Hall–Kier alpha value is -0.920. The molecule has 0 saturated carbocycles. The number of nitriles is 1. The fourth-order valence-corrected chi connectivity index (χ4v) is 2.84. The van der Waals surface area contributed by atoms with Gasteiger partial charge in [-0.2, -0.15) is 5.26 Å². The van der Waals surface area contributed by atoms with Crippen LogP contribution < -0.4 is 0 Å². The molecule has 1 saturated heterocycles. The first-order valence-corrected chi connectivity index (χ1v) is 6.25. The summed E-state index contributed by atoms with van der Waals surface area (Å²) in [6, 6.07) is 2.25. The monoisotopic (exact) mass is 221 g/mol. The Morgan fingerprint density at radius 3 is 2.73 bits per heavy atom. The van der Waals surface area contributed by atoms with Crippen LogP contribution in [0.15, 0.2) is 5.38 Å². The lowest BCUT2D eigenvalue weighted by atomic mass is 10.1. The Morgan fingerprint density at radius 2 is 2.20 bits per heavy atom. The molecule has 0 radical (unpaired) electrons. The molecule has 1 atom stereocenters. The molecule has 4 heteroatoms. The summed E-state index contributed by atoms with van der Waals surface area (Å²) in [5.41, 5.74) is 1.02. The highest BCUT2D eigenvalue weighted by atomic mass is 32.1. The highest BCUT2D eigenvalue weighted by Crippen LogP contribution is 2.26. The zero-order valence-electron chi connectivity index (χ0n) is 8.94. The molecule has 15 heavy (non-hydrogen) atoms. The molecule has 0 amide bonds. The van der Waals surface area contributed by atoms with E-state index in [0.29, 0.717) is 0 Å². The SMILES string of the molecule is Cc1csc(C(C#N)N2CCCCC2)n1. The molecule has 1 unspecified atom stereocenters. The summed E-state index contributed by atoms with van der Waals surface area (Å²) < 4.78 is 0. The van der Waals surface area contributed by atoms with Crippen LogP contribution in [0.1, 0.15) is 36.0 Å². The van der Waals surface area contributed by atoms with E-state index >= 15 is 0 Å². The number of thiazole rings is 1. The Bertz CT molecular complexity index is 360. The quantitative estimate of drug-likeness (QED) is 0.770. The minimum absolute atomic E-state index is 0.121. The van der Waals surface area contributed by atoms with E-state index in [1.54, 1.807) is 11.3 Å². The Labute approximate surface area is 94.4 Å². The molecular weight excluding hydrogens is 206 g/mol. The molecule has 2 rings (SSSR count). The van der Waals surface area contributed by atoms with E-state index in [0.717, 1.165) is 23.8 Å². The van der Waals surface area contributed by atoms with Gasteiger partial charge in [-0.1, -0.05) is 6.42 Å². The molecule has 3 nitrogen and oxygen atoms in total. The lowest BCUT2D eigenvalue weighted by molar-refractivity contribution is 0.196. The summed E-state index contributed by atoms with van der Waals surface area (Å²) in [5.74, 6) is 0. The molecule has 1 fully saturated rings. The Kier molecular flexibility index (Phi) is 3.34. The van der Waals surface area contributed by atoms with Crippen molar-refractivity contribution in [3.05, 3.63) is 16.1 Å². The van der Waals surface area contributed by atoms with Gasteiger partial charge in [-0.05, 0) is 32.9 Å². The summed E-state index contributed by atoms with van der Waals surface area (Å²) in [7, 11) is 0. The molecule has 0 spiro atoms. The lowest BCUT2D eigenvalue weighted by Gasteiger charge is -2.29. The highest BCUT2D eigenvalue weighted by molar-refractivity contribution is 7.09. The van der Waals surface area contributed by atoms with Gasteiger partial charge in [0, 0.05) is 11.1 Å². The number of nitrogens with zero attached hydrogens (tertiary/aromatic N) is 3. The van der Waals surface area contributed by atoms with Crippen LogP contribution in [0.5, 0.6) is 0 Å². The van der Waals surface area contributed by atoms with Gasteiger partial charge in [0.15, 0.2) is 6.04 Å². The van der Waals surface area contributed by atoms with Crippen molar-refractivity contribution in [2.45, 2.75) is 32.2 Å². The van der Waals surface area contributed by atoms with Crippen LogP contribution in [0.3, 0.4) is 0 Å². The van der Waals surface area contributed by atoms with Crippen LogP contribution in [0.4, 0.5) is 0 Å². The van der Waals surface area contributed by atoms with Crippen LogP contribution in [0.2, 0.25) is 0 Å². The molecule has 2 heterocycles. The van der Waals surface area contributed by atoms with Crippen LogP contribution in [-0.2, 0) is 0 Å². The summed E-state index contributed by atoms with van der Waals surface area (Å²) in [5, 5.41) is 12.2. The Morgan fingerprint density at radius 1 is 1.47 bits per heavy atom. The van der Waals surface area contributed by atoms with Crippen LogP contribution >= 0.6 is 11.3 Å². The van der Waals surface area contributed by atoms with Crippen LogP contribution in [0.25, 0.3) is 0 Å². The van der Waals surface area contributed by atoms with Gasteiger partial charge in [-0.3, -0.25) is 4.90 Å². The molecule has 1 aromatic heterocycles. The zero-order chi connectivity index (χ0) is 10.7. The van der Waals surface area contributed by atoms with Gasteiger partial charge in [-0.25, -0.2) is 4.98 Å². The topological polar surface area (TPSA) is 39.9 Å². The van der Waals surface area contributed by atoms with Crippen molar-refractivity contribution in [3.63, 3.8) is 0 Å². The van der Waals surface area contributed by atoms with Gasteiger partial charge in [0.2, 0.25) is 0 Å². The largest absolute Gasteiger partial charge is 0.282 e. The van der Waals surface area contributed by atoms with Gasteiger partial charge < -0.3 is 0 Å². The van der Waals surface area contributed by atoms with E-state index in [-0.39, 0.29) is 6.04 Å². The fraction of sp³-hybridized carbons (Fsp3) is 0.636. The van der Waals surface area contributed by atoms with Crippen LogP contribution in [-0.4, -0.2) is 23.0 Å². The molecule has 0 N–H and O–H groups in total. The normalized spacial score (nSPS) is 19.7. The maximum Gasteiger partial charge on any atom is 0.150 e. The molecule has 1 aromatic rings. The van der Waals surface area contributed by atoms with E-state index in [2.05, 4.69) is 16.0 Å². The predicted molar refractivity (Wildman–Crippen MR) is 60.6 cm³/mol. The zero-order valence-corrected chi connectivity index (χ0v) is 9.76. The number of aromatic nitrogens is 1. The third-order valence-corrected chi connectivity index (χ3v) is 3.76. The number of piperidine rings is 1. The van der Waals surface area contributed by atoms with Crippen molar-refractivity contribution in [2.75, 3.05) is 13.1 Å². The number of hydrogen-bond donors (Lipinski definition) is 0. The van der Waals surface area contributed by atoms with Crippen molar-refractivity contribution in [2.24, 2.45) is 0 Å². The molecular formula is C11H15N3S. The molecule has 1 aliphatic rings. The maximum atomic E-state index is 9.22. The molecule has 0 aromatic carbocycles. The standard InChI is InChI=1S/C11H15N3S/c1-9-8-15-11(13-9)10(7-12)14-5-3-2-4-6-14/h8,10H,2-6H2,1H3. The molecule has 80 valence electrons. The number of rotatable bonds is 2. The fourth-order valence-electron chi connectivity index (χ4n) is 1.97. The molecule has 0 bridgehead atoms. The smallest absolute Gasteiger partial charge is 0.150 e. The number of likely N-dealkylation sites (tertiary alicyclic amines) is 1. The first-order valence-electron chi connectivity index (χ1n) is 5.37. The second-order valence-corrected chi connectivity index (χ2v) is 4.85. The second-order valence-electron chi connectivity index (χ2n) is 3.96. The van der Waals surface area contributed by atoms with E-state index in [1.165, 1.54) is 19.3 Å². The van der Waals surface area contributed by atoms with E-state index in [4.69, 9.17) is 0 Å². The van der Waals surface area contributed by atoms with E-state index in [9.17, 15) is 5.26 Å². The van der Waals surface area contributed by atoms with Crippen molar-refractivity contribution >= 4 is 11.3 Å².